The third kappa shape index (κ3) is 68.9. The minimum Gasteiger partial charge on any atom is -0.462 e. The molecular formula is C76H146O6. The van der Waals surface area contributed by atoms with Gasteiger partial charge in [-0.2, -0.15) is 0 Å². The number of carbonyl (C=O) groups excluding carboxylic acids is 3. The zero-order valence-electron chi connectivity index (χ0n) is 56.1. The summed E-state index contributed by atoms with van der Waals surface area (Å²) in [7, 11) is 0. The van der Waals surface area contributed by atoms with Gasteiger partial charge in [-0.05, 0) is 38.5 Å². The molecule has 0 fully saturated rings. The van der Waals surface area contributed by atoms with E-state index < -0.39 is 6.10 Å². The van der Waals surface area contributed by atoms with Gasteiger partial charge < -0.3 is 14.2 Å². The molecule has 82 heavy (non-hydrogen) atoms. The highest BCUT2D eigenvalue weighted by atomic mass is 16.6. The monoisotopic (exact) mass is 1160 g/mol. The van der Waals surface area contributed by atoms with Crippen molar-refractivity contribution >= 4 is 17.9 Å². The van der Waals surface area contributed by atoms with Crippen molar-refractivity contribution in [3.63, 3.8) is 0 Å². The predicted octanol–water partition coefficient (Wildman–Crippen LogP) is 26.0. The Labute approximate surface area is 513 Å². The van der Waals surface area contributed by atoms with Gasteiger partial charge in [0.1, 0.15) is 13.2 Å². The number of hydrogen-bond acceptors (Lipinski definition) is 6. The Balaban J connectivity index is 4.00. The molecule has 0 saturated carbocycles. The summed E-state index contributed by atoms with van der Waals surface area (Å²) >= 11 is 0. The first-order valence-corrected chi connectivity index (χ1v) is 37.7. The first-order valence-electron chi connectivity index (χ1n) is 37.7. The predicted molar refractivity (Wildman–Crippen MR) is 358 cm³/mol. The van der Waals surface area contributed by atoms with Crippen LogP contribution in [-0.2, 0) is 28.6 Å². The van der Waals surface area contributed by atoms with E-state index in [1.54, 1.807) is 0 Å². The Hall–Kier alpha value is -1.85. The van der Waals surface area contributed by atoms with E-state index in [-0.39, 0.29) is 31.1 Å². The lowest BCUT2D eigenvalue weighted by Gasteiger charge is -2.18. The molecule has 0 spiro atoms. The highest BCUT2D eigenvalue weighted by Crippen LogP contribution is 2.20. The topological polar surface area (TPSA) is 78.9 Å². The van der Waals surface area contributed by atoms with E-state index >= 15 is 0 Å². The van der Waals surface area contributed by atoms with Crippen LogP contribution in [0.4, 0.5) is 0 Å². The van der Waals surface area contributed by atoms with Gasteiger partial charge in [0.25, 0.3) is 0 Å². The van der Waals surface area contributed by atoms with E-state index in [0.717, 1.165) is 64.2 Å². The third-order valence-electron chi connectivity index (χ3n) is 17.5. The first-order chi connectivity index (χ1) is 40.5. The van der Waals surface area contributed by atoms with Gasteiger partial charge >= 0.3 is 17.9 Å². The second-order valence-corrected chi connectivity index (χ2v) is 25.9. The van der Waals surface area contributed by atoms with Crippen LogP contribution in [0.25, 0.3) is 0 Å². The van der Waals surface area contributed by atoms with Gasteiger partial charge in [0, 0.05) is 19.3 Å². The number of unbranched alkanes of at least 4 members (excludes halogenated alkanes) is 58. The normalized spacial score (nSPS) is 12.0. The highest BCUT2D eigenvalue weighted by molar-refractivity contribution is 5.71. The average Bonchev–Trinajstić information content (AvgIpc) is 3.47. The van der Waals surface area contributed by atoms with E-state index in [4.69, 9.17) is 14.2 Å². The maximum Gasteiger partial charge on any atom is 0.306 e. The minimum absolute atomic E-state index is 0.0659. The molecule has 0 aromatic heterocycles. The fraction of sp³-hybridized carbons (Fsp3) is 0.934. The fourth-order valence-electron chi connectivity index (χ4n) is 11.8. The second-order valence-electron chi connectivity index (χ2n) is 25.9. The number of carbonyl (C=O) groups is 3. The van der Waals surface area contributed by atoms with Crippen molar-refractivity contribution in [1.29, 1.82) is 0 Å². The van der Waals surface area contributed by atoms with Gasteiger partial charge in [-0.3, -0.25) is 14.4 Å². The average molecular weight is 1160 g/mol. The Morgan fingerprint density at radius 3 is 0.646 bits per heavy atom. The van der Waals surface area contributed by atoms with E-state index in [1.165, 1.54) is 334 Å². The van der Waals surface area contributed by atoms with Crippen LogP contribution in [-0.4, -0.2) is 37.2 Å². The van der Waals surface area contributed by atoms with E-state index in [2.05, 4.69) is 32.9 Å². The van der Waals surface area contributed by atoms with Crippen LogP contribution < -0.4 is 0 Å². The van der Waals surface area contributed by atoms with Crippen LogP contribution in [0.2, 0.25) is 0 Å². The summed E-state index contributed by atoms with van der Waals surface area (Å²) in [6.07, 6.45) is 87.2. The van der Waals surface area contributed by atoms with Crippen molar-refractivity contribution in [3.8, 4) is 0 Å². The Morgan fingerprint density at radius 2 is 0.415 bits per heavy atom. The lowest BCUT2D eigenvalue weighted by atomic mass is 10.0. The van der Waals surface area contributed by atoms with Gasteiger partial charge in [-0.15, -0.1) is 0 Å². The maximum absolute atomic E-state index is 12.9. The lowest BCUT2D eigenvalue weighted by Crippen LogP contribution is -2.30. The van der Waals surface area contributed by atoms with Crippen molar-refractivity contribution in [2.24, 2.45) is 0 Å². The fourth-order valence-corrected chi connectivity index (χ4v) is 11.8. The number of esters is 3. The molecular weight excluding hydrogens is 1010 g/mol. The zero-order valence-corrected chi connectivity index (χ0v) is 56.1. The molecule has 0 bridgehead atoms. The lowest BCUT2D eigenvalue weighted by molar-refractivity contribution is -0.167. The molecule has 0 aliphatic rings. The summed E-state index contributed by atoms with van der Waals surface area (Å²) < 4.78 is 17.0. The van der Waals surface area contributed by atoms with Crippen molar-refractivity contribution in [1.82, 2.24) is 0 Å². The van der Waals surface area contributed by atoms with E-state index in [9.17, 15) is 14.4 Å². The molecule has 0 heterocycles. The minimum atomic E-state index is -0.769. The van der Waals surface area contributed by atoms with Crippen molar-refractivity contribution in [3.05, 3.63) is 12.2 Å². The Kier molecular flexibility index (Phi) is 70.0. The van der Waals surface area contributed by atoms with Gasteiger partial charge in [0.2, 0.25) is 0 Å². The third-order valence-corrected chi connectivity index (χ3v) is 17.5. The van der Waals surface area contributed by atoms with Crippen molar-refractivity contribution < 1.29 is 28.6 Å². The summed E-state index contributed by atoms with van der Waals surface area (Å²) in [5, 5.41) is 0. The highest BCUT2D eigenvalue weighted by Gasteiger charge is 2.20. The first kappa shape index (κ1) is 80.2. The molecule has 0 aromatic carbocycles. The van der Waals surface area contributed by atoms with Crippen molar-refractivity contribution in [2.45, 2.75) is 444 Å². The van der Waals surface area contributed by atoms with Crippen LogP contribution >= 0.6 is 0 Å². The molecule has 0 aliphatic carbocycles. The summed E-state index contributed by atoms with van der Waals surface area (Å²) in [6.45, 7) is 6.69. The summed E-state index contributed by atoms with van der Waals surface area (Å²) in [5.74, 6) is -0.842. The number of allylic oxidation sites excluding steroid dienone is 2. The Morgan fingerprint density at radius 1 is 0.232 bits per heavy atom. The van der Waals surface area contributed by atoms with Crippen LogP contribution in [0.3, 0.4) is 0 Å². The van der Waals surface area contributed by atoms with Crippen molar-refractivity contribution in [2.75, 3.05) is 13.2 Å². The van der Waals surface area contributed by atoms with Gasteiger partial charge in [0.05, 0.1) is 0 Å². The molecule has 0 N–H and O–H groups in total. The molecule has 1 unspecified atom stereocenters. The standard InChI is InChI=1S/C76H146O6/c1-4-7-10-13-16-19-22-24-26-28-30-31-32-33-34-35-36-37-38-39-40-41-42-43-44-45-46-48-49-51-54-57-60-63-66-69-75(78)81-72-73(71-80-74(77)68-65-62-59-56-53-21-18-15-12-9-6-3)82-76(79)70-67-64-61-58-55-52-50-47-29-27-25-23-20-17-14-11-8-5-2/h15,18,73H,4-14,16-17,19-72H2,1-3H3/b18-15-. The number of rotatable bonds is 71. The number of ether oxygens (including phenoxy) is 3. The Bertz CT molecular complexity index is 1280. The quantitative estimate of drug-likeness (QED) is 0.0261. The van der Waals surface area contributed by atoms with Crippen LogP contribution in [0, 0.1) is 0 Å². The molecule has 0 amide bonds. The SMILES string of the molecule is CCCC/C=C\CCCCCCCC(=O)OCC(COC(=O)CCCCCCCCCCCCCCCCCCCCCCCCCCCCCCCCCCCCC)OC(=O)CCCCCCCCCCCCCCCCCCCC. The molecule has 0 rings (SSSR count). The van der Waals surface area contributed by atoms with E-state index in [1.807, 2.05) is 0 Å². The van der Waals surface area contributed by atoms with Gasteiger partial charge in [0.15, 0.2) is 6.10 Å². The number of hydrogen-bond donors (Lipinski definition) is 0. The van der Waals surface area contributed by atoms with Gasteiger partial charge in [-0.1, -0.05) is 392 Å². The molecule has 1 atom stereocenters. The molecule has 6 heteroatoms. The van der Waals surface area contributed by atoms with E-state index in [0.29, 0.717) is 19.3 Å². The van der Waals surface area contributed by atoms with Gasteiger partial charge in [-0.25, -0.2) is 0 Å². The molecule has 486 valence electrons. The smallest absolute Gasteiger partial charge is 0.306 e. The molecule has 0 aromatic rings. The molecule has 0 aliphatic heterocycles. The van der Waals surface area contributed by atoms with Crippen LogP contribution in [0.1, 0.15) is 438 Å². The molecule has 0 radical (unpaired) electrons. The maximum atomic E-state index is 12.9. The zero-order chi connectivity index (χ0) is 59.2. The van der Waals surface area contributed by atoms with Crippen LogP contribution in [0.15, 0.2) is 12.2 Å². The summed E-state index contributed by atoms with van der Waals surface area (Å²) in [4.78, 5) is 38.3. The largest absolute Gasteiger partial charge is 0.462 e. The molecule has 0 saturated heterocycles. The van der Waals surface area contributed by atoms with Crippen LogP contribution in [0.5, 0.6) is 0 Å². The summed E-state index contributed by atoms with van der Waals surface area (Å²) in [5.41, 5.74) is 0. The summed E-state index contributed by atoms with van der Waals surface area (Å²) in [6, 6.07) is 0. The second kappa shape index (κ2) is 71.6. The molecule has 6 nitrogen and oxygen atoms in total.